The van der Waals surface area contributed by atoms with Crippen LogP contribution in [0.25, 0.3) is 0 Å². The highest BCUT2D eigenvalue weighted by Crippen LogP contribution is 2.42. The first-order valence-corrected chi connectivity index (χ1v) is 4.60. The minimum absolute atomic E-state index is 0.242. The topological polar surface area (TPSA) is 18.5 Å². The molecule has 5 heteroatoms. The third-order valence-corrected chi connectivity index (χ3v) is 3.15. The van der Waals surface area contributed by atoms with Crippen molar-refractivity contribution in [1.82, 2.24) is 0 Å². The molecular formula is C7H13ClFO2P. The Morgan fingerprint density at radius 1 is 1.83 bits per heavy atom. The van der Waals surface area contributed by atoms with Gasteiger partial charge in [-0.15, -0.1) is 0 Å². The molecule has 1 rings (SSSR count). The molecule has 1 unspecified atom stereocenters. The second-order valence-electron chi connectivity index (χ2n) is 3.09. The second-order valence-corrected chi connectivity index (χ2v) is 3.96. The molecule has 0 bridgehead atoms. The molecule has 1 saturated heterocycles. The summed E-state index contributed by atoms with van der Waals surface area (Å²) >= 11 is 5.65. The van der Waals surface area contributed by atoms with Crippen molar-refractivity contribution in [2.24, 2.45) is 5.92 Å². The molecule has 5 atom stereocenters. The monoisotopic (exact) mass is 215 g/mol. The molecule has 0 N–H and O–H groups in total. The minimum Gasteiger partial charge on any atom is -0.368 e. The van der Waals surface area contributed by atoms with Crippen LogP contribution in [0, 0.1) is 5.92 Å². The van der Waals surface area contributed by atoms with Crippen LogP contribution in [0.15, 0.2) is 0 Å². The molecule has 0 spiro atoms. The molecule has 1 aliphatic heterocycles. The summed E-state index contributed by atoms with van der Waals surface area (Å²) < 4.78 is 30.6. The van der Waals surface area contributed by atoms with E-state index in [1.54, 1.807) is 13.8 Å². The number of halogens is 2. The van der Waals surface area contributed by atoms with Gasteiger partial charge in [0.05, 0.1) is 14.0 Å². The minimum atomic E-state index is -1.81. The molecule has 0 radical (unpaired) electrons. The highest BCUT2D eigenvalue weighted by molar-refractivity contribution is 7.09. The summed E-state index contributed by atoms with van der Waals surface area (Å²) in [7, 11) is -0.347. The van der Waals surface area contributed by atoms with E-state index in [1.165, 1.54) is 0 Å². The van der Waals surface area contributed by atoms with Crippen LogP contribution in [-0.2, 0) is 9.26 Å². The predicted molar refractivity (Wildman–Crippen MR) is 48.9 cm³/mol. The van der Waals surface area contributed by atoms with Gasteiger partial charge in [0.2, 0.25) is 5.13 Å². The van der Waals surface area contributed by atoms with Gasteiger partial charge in [-0.1, -0.05) is 18.5 Å². The highest BCUT2D eigenvalue weighted by atomic mass is 35.5. The molecule has 0 saturated carbocycles. The zero-order chi connectivity index (χ0) is 10.1. The zero-order valence-electron chi connectivity index (χ0n) is 8.01. The normalized spacial score (nSPS) is 50.3. The van der Waals surface area contributed by atoms with Crippen molar-refractivity contribution in [3.63, 3.8) is 0 Å². The Labute approximate surface area is 80.3 Å². The SMILES string of the molecule is [2H]POC[C@H]1O[C@@H](C)[C@@](F)(Cl)[C@@H]1C. The van der Waals surface area contributed by atoms with Gasteiger partial charge in [-0.2, -0.15) is 0 Å². The lowest BCUT2D eigenvalue weighted by atomic mass is 10.00. The van der Waals surface area contributed by atoms with Crippen LogP contribution in [-0.4, -0.2) is 25.2 Å². The molecule has 0 aromatic rings. The predicted octanol–water partition coefficient (Wildman–Crippen LogP) is 2.12. The molecule has 1 heterocycles. The summed E-state index contributed by atoms with van der Waals surface area (Å²) in [6.45, 7) is 3.54. The summed E-state index contributed by atoms with van der Waals surface area (Å²) in [6.07, 6.45) is -0.956. The molecule has 72 valence electrons. The van der Waals surface area contributed by atoms with Crippen LogP contribution in [0.3, 0.4) is 0 Å². The fourth-order valence-electron chi connectivity index (χ4n) is 1.35. The number of ether oxygens (including phenoxy) is 1. The van der Waals surface area contributed by atoms with Crippen LogP contribution >= 0.6 is 21.0 Å². The Kier molecular flexibility index (Phi) is 2.85. The molecule has 12 heavy (non-hydrogen) atoms. The molecule has 0 aromatic heterocycles. The Bertz CT molecular complexity index is 184. The van der Waals surface area contributed by atoms with E-state index in [0.29, 0.717) is 0 Å². The molecular weight excluding hydrogens is 201 g/mol. The van der Waals surface area contributed by atoms with Crippen LogP contribution in [0.2, 0.25) is 0 Å². The second kappa shape index (κ2) is 3.75. The Hall–Kier alpha value is 0.570. The third kappa shape index (κ3) is 1.74. The molecule has 2 nitrogen and oxygen atoms in total. The van der Waals surface area contributed by atoms with Gasteiger partial charge >= 0.3 is 0 Å². The number of hydrogen-bond donors (Lipinski definition) is 0. The van der Waals surface area contributed by atoms with Crippen molar-refractivity contribution in [2.75, 3.05) is 6.61 Å². The average molecular weight is 216 g/mol. The van der Waals surface area contributed by atoms with Gasteiger partial charge in [0.25, 0.3) is 0 Å². The lowest BCUT2D eigenvalue weighted by Crippen LogP contribution is -2.31. The van der Waals surface area contributed by atoms with Crippen molar-refractivity contribution in [2.45, 2.75) is 31.2 Å². The average Bonchev–Trinajstić information content (AvgIpc) is 2.26. The molecule has 1 aliphatic rings. The van der Waals surface area contributed by atoms with E-state index in [4.69, 9.17) is 22.1 Å². The lowest BCUT2D eigenvalue weighted by Gasteiger charge is -2.19. The van der Waals surface area contributed by atoms with E-state index in [1.807, 2.05) is 0 Å². The zero-order valence-corrected chi connectivity index (χ0v) is 8.77. The summed E-state index contributed by atoms with van der Waals surface area (Å²) in [5, 5.41) is -1.81. The summed E-state index contributed by atoms with van der Waals surface area (Å²) in [6, 6.07) is 0. The van der Waals surface area contributed by atoms with Gasteiger partial charge in [0, 0.05) is 15.3 Å². The quantitative estimate of drug-likeness (QED) is 0.530. The van der Waals surface area contributed by atoms with Gasteiger partial charge in [-0.3, -0.25) is 0 Å². The van der Waals surface area contributed by atoms with Gasteiger partial charge in [-0.05, 0) is 6.92 Å². The first kappa shape index (κ1) is 9.14. The van der Waals surface area contributed by atoms with E-state index in [2.05, 4.69) is 0 Å². The first-order chi connectivity index (χ1) is 6.00. The van der Waals surface area contributed by atoms with Crippen molar-refractivity contribution >= 4 is 21.0 Å². The molecule has 0 amide bonds. The van der Waals surface area contributed by atoms with Crippen LogP contribution in [0.1, 0.15) is 13.8 Å². The first-order valence-electron chi connectivity index (χ1n) is 4.32. The lowest BCUT2D eigenvalue weighted by molar-refractivity contribution is 0.0111. The number of rotatable bonds is 3. The van der Waals surface area contributed by atoms with Crippen molar-refractivity contribution in [3.05, 3.63) is 0 Å². The Morgan fingerprint density at radius 2 is 2.50 bits per heavy atom. The van der Waals surface area contributed by atoms with Gasteiger partial charge in [-0.25, -0.2) is 4.39 Å². The largest absolute Gasteiger partial charge is 0.368 e. The fraction of sp³-hybridized carbons (Fsp3) is 1.00. The van der Waals surface area contributed by atoms with Gasteiger partial charge in [0.15, 0.2) is 0 Å². The maximum atomic E-state index is 13.6. The molecule has 0 aliphatic carbocycles. The Balaban J connectivity index is 2.52. The maximum Gasteiger partial charge on any atom is 0.214 e. The van der Waals surface area contributed by atoms with Gasteiger partial charge in [0.1, 0.15) is 6.10 Å². The van der Waals surface area contributed by atoms with E-state index in [-0.39, 0.29) is 22.1 Å². The highest BCUT2D eigenvalue weighted by Gasteiger charge is 2.51. The van der Waals surface area contributed by atoms with Crippen LogP contribution in [0.4, 0.5) is 4.39 Å². The van der Waals surface area contributed by atoms with E-state index < -0.39 is 17.1 Å². The van der Waals surface area contributed by atoms with Crippen molar-refractivity contribution in [1.29, 1.82) is 1.28 Å². The smallest absolute Gasteiger partial charge is 0.214 e. The standard InChI is InChI=1S/C7H13ClFO2P/c1-4-6(3-10-12)11-5(2)7(4,8)9/h4-6H,3,12H2,1-2H3/t4-,5+,6-,7-/m1/s1/i12D/t4-,5+,6-,7-,12?. The van der Waals surface area contributed by atoms with Crippen molar-refractivity contribution < 1.29 is 13.7 Å². The summed E-state index contributed by atoms with van der Waals surface area (Å²) in [5.41, 5.74) is 0. The van der Waals surface area contributed by atoms with E-state index in [9.17, 15) is 4.39 Å². The number of hydrogen-bond acceptors (Lipinski definition) is 2. The van der Waals surface area contributed by atoms with Crippen LogP contribution < -0.4 is 0 Å². The van der Waals surface area contributed by atoms with Crippen LogP contribution in [0.5, 0.6) is 0 Å². The Morgan fingerprint density at radius 3 is 2.92 bits per heavy atom. The van der Waals surface area contributed by atoms with Gasteiger partial charge < -0.3 is 9.26 Å². The fourth-order valence-corrected chi connectivity index (χ4v) is 1.71. The molecule has 0 aromatic carbocycles. The van der Waals surface area contributed by atoms with E-state index in [0.717, 1.165) is 0 Å². The summed E-state index contributed by atoms with van der Waals surface area (Å²) in [4.78, 5) is 0. The molecule has 1 fully saturated rings. The summed E-state index contributed by atoms with van der Waals surface area (Å²) in [5.74, 6) is -0.402. The van der Waals surface area contributed by atoms with E-state index >= 15 is 0 Å². The number of alkyl halides is 2. The van der Waals surface area contributed by atoms with Crippen molar-refractivity contribution in [3.8, 4) is 0 Å². The maximum absolute atomic E-state index is 13.6. The third-order valence-electron chi connectivity index (χ3n) is 2.33.